The van der Waals surface area contributed by atoms with E-state index in [1.807, 2.05) is 30.3 Å². The van der Waals surface area contributed by atoms with E-state index in [1.165, 1.54) is 37.8 Å². The van der Waals surface area contributed by atoms with Gasteiger partial charge in [-0.1, -0.05) is 42.5 Å². The number of ether oxygens (including phenoxy) is 1. The summed E-state index contributed by atoms with van der Waals surface area (Å²) < 4.78 is 4.85. The largest absolute Gasteiger partial charge is 0.508 e. The van der Waals surface area contributed by atoms with Crippen LogP contribution in [-0.2, 0) is 27.2 Å². The zero-order valence-corrected chi connectivity index (χ0v) is 18.0. The number of nitrogens with one attached hydrogen (secondary N) is 2. The Labute approximate surface area is 190 Å². The zero-order valence-electron chi connectivity index (χ0n) is 18.0. The van der Waals surface area contributed by atoms with Gasteiger partial charge in [-0.25, -0.2) is 9.78 Å². The molecule has 0 spiro atoms. The van der Waals surface area contributed by atoms with Crippen molar-refractivity contribution in [2.24, 2.45) is 0 Å². The molecular weight excluding hydrogens is 424 g/mol. The summed E-state index contributed by atoms with van der Waals surface area (Å²) in [4.78, 5) is 46.0. The van der Waals surface area contributed by atoms with E-state index in [1.54, 1.807) is 12.1 Å². The van der Waals surface area contributed by atoms with E-state index in [0.717, 1.165) is 5.56 Å². The molecule has 3 aromatic rings. The van der Waals surface area contributed by atoms with Crippen molar-refractivity contribution >= 4 is 17.8 Å². The summed E-state index contributed by atoms with van der Waals surface area (Å²) in [5, 5.41) is 14.8. The average Bonchev–Trinajstić information content (AvgIpc) is 2.85. The number of rotatable bonds is 9. The predicted octanol–water partition coefficient (Wildman–Crippen LogP) is 1.42. The molecule has 1 heterocycles. The quantitative estimate of drug-likeness (QED) is 0.422. The first kappa shape index (κ1) is 23.4. The highest BCUT2D eigenvalue weighted by Gasteiger charge is 2.28. The fraction of sp³-hybridized carbons (Fsp3) is 0.208. The van der Waals surface area contributed by atoms with Gasteiger partial charge < -0.3 is 20.5 Å². The highest BCUT2D eigenvalue weighted by Crippen LogP contribution is 2.12. The van der Waals surface area contributed by atoms with Crippen molar-refractivity contribution in [2.45, 2.75) is 24.9 Å². The van der Waals surface area contributed by atoms with Crippen LogP contribution >= 0.6 is 0 Å². The number of amides is 2. The van der Waals surface area contributed by atoms with E-state index in [4.69, 9.17) is 4.74 Å². The normalized spacial score (nSPS) is 12.3. The summed E-state index contributed by atoms with van der Waals surface area (Å²) in [6.45, 7) is 0. The maximum Gasteiger partial charge on any atom is 0.328 e. The van der Waals surface area contributed by atoms with Gasteiger partial charge >= 0.3 is 5.97 Å². The zero-order chi connectivity index (χ0) is 23.6. The molecule has 9 nitrogen and oxygen atoms in total. The first-order valence-corrected chi connectivity index (χ1v) is 10.2. The minimum absolute atomic E-state index is 0.0666. The Hall–Kier alpha value is -4.27. The molecule has 0 aliphatic carbocycles. The minimum Gasteiger partial charge on any atom is -0.508 e. The lowest BCUT2D eigenvalue weighted by Gasteiger charge is -2.22. The number of carbonyl (C=O) groups is 3. The van der Waals surface area contributed by atoms with Gasteiger partial charge in [-0.05, 0) is 23.3 Å². The number of phenolic OH excluding ortho intramolecular Hbond substituents is 1. The summed E-state index contributed by atoms with van der Waals surface area (Å²) in [5.74, 6) is -1.65. The first-order valence-electron chi connectivity index (χ1n) is 10.2. The van der Waals surface area contributed by atoms with Gasteiger partial charge in [-0.15, -0.1) is 0 Å². The van der Waals surface area contributed by atoms with Gasteiger partial charge in [0, 0.05) is 25.2 Å². The number of benzene rings is 2. The Morgan fingerprint density at radius 3 is 2.21 bits per heavy atom. The SMILES string of the molecule is COC(=O)[C@H](Cc1ccc(O)cc1)NC(=O)[C@H](Cc1ccccc1)NC(=O)c1cnccn1. The van der Waals surface area contributed by atoms with Crippen LogP contribution in [0.1, 0.15) is 21.6 Å². The molecular formula is C24H24N4O5. The number of hydrogen-bond donors (Lipinski definition) is 3. The summed E-state index contributed by atoms with van der Waals surface area (Å²) >= 11 is 0. The summed E-state index contributed by atoms with van der Waals surface area (Å²) in [7, 11) is 1.23. The number of carbonyl (C=O) groups excluding carboxylic acids is 3. The Balaban J connectivity index is 1.79. The fourth-order valence-corrected chi connectivity index (χ4v) is 3.18. The van der Waals surface area contributed by atoms with E-state index in [-0.39, 0.29) is 24.3 Å². The first-order chi connectivity index (χ1) is 16.0. The standard InChI is InChI=1S/C24H24N4O5/c1-33-24(32)20(14-17-7-9-18(29)10-8-17)28-22(30)19(13-16-5-3-2-4-6-16)27-23(31)21-15-25-11-12-26-21/h2-12,15,19-20,29H,13-14H2,1H3,(H,27,31)(H,28,30)/t19-,20-/m0/s1. The van der Waals surface area contributed by atoms with Crippen molar-refractivity contribution in [3.63, 3.8) is 0 Å². The molecule has 0 aliphatic rings. The van der Waals surface area contributed by atoms with Crippen molar-refractivity contribution in [1.82, 2.24) is 20.6 Å². The van der Waals surface area contributed by atoms with Gasteiger partial charge in [-0.2, -0.15) is 0 Å². The van der Waals surface area contributed by atoms with E-state index in [2.05, 4.69) is 20.6 Å². The molecule has 0 fully saturated rings. The average molecular weight is 448 g/mol. The highest BCUT2D eigenvalue weighted by atomic mass is 16.5. The van der Waals surface area contributed by atoms with Gasteiger partial charge in [0.25, 0.3) is 5.91 Å². The number of nitrogens with zero attached hydrogens (tertiary/aromatic N) is 2. The molecule has 33 heavy (non-hydrogen) atoms. The molecule has 2 aromatic carbocycles. The van der Waals surface area contributed by atoms with Crippen LogP contribution in [0.5, 0.6) is 5.75 Å². The molecule has 0 radical (unpaired) electrons. The number of esters is 1. The van der Waals surface area contributed by atoms with Crippen LogP contribution in [0.25, 0.3) is 0 Å². The molecule has 0 aliphatic heterocycles. The number of phenols is 1. The Morgan fingerprint density at radius 2 is 1.58 bits per heavy atom. The second kappa shape index (κ2) is 11.4. The van der Waals surface area contributed by atoms with Gasteiger partial charge in [-0.3, -0.25) is 14.6 Å². The number of methoxy groups -OCH3 is 1. The van der Waals surface area contributed by atoms with Crippen LogP contribution in [0.2, 0.25) is 0 Å². The van der Waals surface area contributed by atoms with Gasteiger partial charge in [0.15, 0.2) is 0 Å². The monoisotopic (exact) mass is 448 g/mol. The smallest absolute Gasteiger partial charge is 0.328 e. The minimum atomic E-state index is -0.987. The maximum absolute atomic E-state index is 13.2. The topological polar surface area (TPSA) is 131 Å². The number of aromatic hydroxyl groups is 1. The fourth-order valence-electron chi connectivity index (χ4n) is 3.18. The Morgan fingerprint density at radius 1 is 0.909 bits per heavy atom. The van der Waals surface area contributed by atoms with E-state index >= 15 is 0 Å². The second-order valence-corrected chi connectivity index (χ2v) is 7.26. The molecule has 0 unspecified atom stereocenters. The maximum atomic E-state index is 13.2. The van der Waals surface area contributed by atoms with Crippen LogP contribution in [0.15, 0.2) is 73.2 Å². The van der Waals surface area contributed by atoms with Crippen molar-refractivity contribution in [3.05, 3.63) is 90.0 Å². The third-order valence-electron chi connectivity index (χ3n) is 4.88. The third-order valence-corrected chi connectivity index (χ3v) is 4.88. The second-order valence-electron chi connectivity index (χ2n) is 7.26. The van der Waals surface area contributed by atoms with E-state index in [9.17, 15) is 19.5 Å². The summed E-state index contributed by atoms with van der Waals surface area (Å²) in [6, 6.07) is 13.5. The lowest BCUT2D eigenvalue weighted by Crippen LogP contribution is -2.53. The molecule has 170 valence electrons. The molecule has 0 saturated carbocycles. The van der Waals surface area contributed by atoms with Crippen LogP contribution in [0.4, 0.5) is 0 Å². The van der Waals surface area contributed by atoms with Crippen LogP contribution < -0.4 is 10.6 Å². The van der Waals surface area contributed by atoms with Crippen LogP contribution in [0, 0.1) is 0 Å². The Kier molecular flexibility index (Phi) is 8.07. The summed E-state index contributed by atoms with van der Waals surface area (Å²) in [6.07, 6.45) is 4.47. The molecule has 2 amide bonds. The molecule has 2 atom stereocenters. The van der Waals surface area contributed by atoms with E-state index < -0.39 is 29.9 Å². The molecule has 1 aromatic heterocycles. The van der Waals surface area contributed by atoms with E-state index in [0.29, 0.717) is 5.56 Å². The molecule has 3 rings (SSSR count). The van der Waals surface area contributed by atoms with Crippen molar-refractivity contribution in [3.8, 4) is 5.75 Å². The van der Waals surface area contributed by atoms with Crippen molar-refractivity contribution in [2.75, 3.05) is 7.11 Å². The number of hydrogen-bond acceptors (Lipinski definition) is 7. The number of aromatic nitrogens is 2. The molecule has 3 N–H and O–H groups in total. The summed E-state index contributed by atoms with van der Waals surface area (Å²) in [5.41, 5.74) is 1.61. The predicted molar refractivity (Wildman–Crippen MR) is 119 cm³/mol. The molecule has 0 bridgehead atoms. The third kappa shape index (κ3) is 6.86. The van der Waals surface area contributed by atoms with Crippen LogP contribution in [-0.4, -0.2) is 52.1 Å². The van der Waals surface area contributed by atoms with Gasteiger partial charge in [0.1, 0.15) is 23.5 Å². The molecule has 0 saturated heterocycles. The van der Waals surface area contributed by atoms with Crippen molar-refractivity contribution < 1.29 is 24.2 Å². The highest BCUT2D eigenvalue weighted by molar-refractivity contribution is 5.96. The van der Waals surface area contributed by atoms with Crippen LogP contribution in [0.3, 0.4) is 0 Å². The lowest BCUT2D eigenvalue weighted by atomic mass is 10.0. The Bertz CT molecular complexity index is 1080. The lowest BCUT2D eigenvalue weighted by molar-refractivity contribution is -0.145. The molecule has 9 heteroatoms. The van der Waals surface area contributed by atoms with Gasteiger partial charge in [0.2, 0.25) is 5.91 Å². The van der Waals surface area contributed by atoms with Gasteiger partial charge in [0.05, 0.1) is 13.3 Å². The van der Waals surface area contributed by atoms with Crippen molar-refractivity contribution in [1.29, 1.82) is 0 Å².